The van der Waals surface area contributed by atoms with E-state index in [-0.39, 0.29) is 12.4 Å². The lowest BCUT2D eigenvalue weighted by atomic mass is 10.5. The zero-order chi connectivity index (χ0) is 3.58. The highest BCUT2D eigenvalue weighted by Gasteiger charge is 1.73. The Kier molecular flexibility index (Phi) is 7.57. The van der Waals surface area contributed by atoms with E-state index in [4.69, 9.17) is 0 Å². The van der Waals surface area contributed by atoms with Crippen LogP contribution in [0.15, 0.2) is 0 Å². The molecule has 0 aliphatic rings. The lowest BCUT2D eigenvalue weighted by Gasteiger charge is -1.74. The van der Waals surface area contributed by atoms with E-state index in [1.807, 2.05) is 0 Å². The Morgan fingerprint density at radius 2 is 1.40 bits per heavy atom. The van der Waals surface area contributed by atoms with Gasteiger partial charge in [0.2, 0.25) is 0 Å². The van der Waals surface area contributed by atoms with Gasteiger partial charge in [-0.1, -0.05) is 0 Å². The first-order chi connectivity index (χ1) is 1.73. The smallest absolute Gasteiger partial charge is 0.0945 e. The Bertz CT molecular complexity index is 11.6. The highest BCUT2D eigenvalue weighted by Crippen LogP contribution is 1.77. The molecule has 0 spiro atoms. The Morgan fingerprint density at radius 3 is 1.40 bits per heavy atom. The molecule has 0 heterocycles. The van der Waals surface area contributed by atoms with Crippen LogP contribution in [0.1, 0.15) is 13.8 Å². The molecule has 0 aromatic carbocycles. The van der Waals surface area contributed by atoms with Crippen molar-refractivity contribution in [2.45, 2.75) is 20.0 Å². The van der Waals surface area contributed by atoms with Gasteiger partial charge in [0.25, 0.3) is 0 Å². The third-order valence-electron chi connectivity index (χ3n) is 0. The summed E-state index contributed by atoms with van der Waals surface area (Å²) in [6.45, 7) is 3.00. The van der Waals surface area contributed by atoms with Gasteiger partial charge >= 0.3 is 0 Å². The molecule has 34 valence electrons. The molecule has 0 aliphatic heterocycles. The zero-order valence-corrected chi connectivity index (χ0v) is 4.18. The van der Waals surface area contributed by atoms with Crippen LogP contribution in [0.5, 0.6) is 0 Å². The van der Waals surface area contributed by atoms with Gasteiger partial charge < -0.3 is 0 Å². The molecule has 0 amide bonds. The fourth-order valence-electron chi connectivity index (χ4n) is 0. The monoisotopic (exact) mass is 98.0 g/mol. The number of rotatable bonds is 0. The molecular weight excluding hydrogens is 90.5 g/mol. The molecule has 0 rings (SSSR count). The van der Waals surface area contributed by atoms with Gasteiger partial charge in [-0.2, -0.15) is 0 Å². The fourth-order valence-corrected chi connectivity index (χ4v) is 0. The number of halogens is 2. The molecule has 0 aromatic heterocycles. The minimum absolute atomic E-state index is 0. The lowest BCUT2D eigenvalue weighted by Crippen LogP contribution is -1.73. The second kappa shape index (κ2) is 4.22. The zero-order valence-electron chi connectivity index (χ0n) is 3.36. The summed E-state index contributed by atoms with van der Waals surface area (Å²) in [5.41, 5.74) is 0. The van der Waals surface area contributed by atoms with Crippen molar-refractivity contribution in [1.82, 2.24) is 0 Å². The van der Waals surface area contributed by atoms with Crippen LogP contribution in [0.4, 0.5) is 4.39 Å². The third kappa shape index (κ3) is 430. The van der Waals surface area contributed by atoms with Crippen LogP contribution in [-0.4, -0.2) is 6.17 Å². The predicted molar refractivity (Wildman–Crippen MR) is 23.5 cm³/mol. The van der Waals surface area contributed by atoms with E-state index in [0.717, 1.165) is 0 Å². The highest BCUT2D eigenvalue weighted by atomic mass is 35.5. The minimum atomic E-state index is -0.667. The number of hydrogen-bond acceptors (Lipinski definition) is 0. The predicted octanol–water partition coefficient (Wildman–Crippen LogP) is 1.79. The van der Waals surface area contributed by atoms with Crippen LogP contribution in [0, 0.1) is 0 Å². The van der Waals surface area contributed by atoms with Crippen molar-refractivity contribution in [2.24, 2.45) is 0 Å². The molecule has 5 heavy (non-hydrogen) atoms. The summed E-state index contributed by atoms with van der Waals surface area (Å²) in [5.74, 6) is 0. The van der Waals surface area contributed by atoms with Gasteiger partial charge in [0.1, 0.15) is 0 Å². The molecule has 0 atom stereocenters. The highest BCUT2D eigenvalue weighted by molar-refractivity contribution is 5.85. The molecular formula is C3H8ClF. The molecule has 0 unspecified atom stereocenters. The van der Waals surface area contributed by atoms with E-state index in [0.29, 0.717) is 0 Å². The summed E-state index contributed by atoms with van der Waals surface area (Å²) in [4.78, 5) is 0. The summed E-state index contributed by atoms with van der Waals surface area (Å²) in [6, 6.07) is 0. The maximum absolute atomic E-state index is 11.0. The second-order valence-electron chi connectivity index (χ2n) is 1.01. The molecule has 0 fully saturated rings. The quantitative estimate of drug-likeness (QED) is 0.433. The summed E-state index contributed by atoms with van der Waals surface area (Å²) in [5, 5.41) is 0. The van der Waals surface area contributed by atoms with Gasteiger partial charge in [-0.05, 0) is 13.8 Å². The van der Waals surface area contributed by atoms with Gasteiger partial charge in [-0.15, -0.1) is 12.4 Å². The largest absolute Gasteiger partial charge is 0.248 e. The Labute approximate surface area is 37.8 Å². The summed E-state index contributed by atoms with van der Waals surface area (Å²) >= 11 is 0. The molecule has 0 radical (unpaired) electrons. The molecule has 0 N–H and O–H groups in total. The van der Waals surface area contributed by atoms with E-state index >= 15 is 0 Å². The standard InChI is InChI=1S/C3H7F.ClH/c1-3(2)4;/h3H,1-2H3;1H. The van der Waals surface area contributed by atoms with Crippen LogP contribution >= 0.6 is 12.4 Å². The molecule has 0 nitrogen and oxygen atoms in total. The normalized spacial score (nSPS) is 7.20. The van der Waals surface area contributed by atoms with E-state index in [1.54, 1.807) is 0 Å². The van der Waals surface area contributed by atoms with Crippen LogP contribution in [0.25, 0.3) is 0 Å². The van der Waals surface area contributed by atoms with Crippen LogP contribution in [0.3, 0.4) is 0 Å². The van der Waals surface area contributed by atoms with Crippen molar-refractivity contribution in [3.05, 3.63) is 0 Å². The number of alkyl halides is 1. The molecule has 0 saturated carbocycles. The van der Waals surface area contributed by atoms with E-state index in [1.165, 1.54) is 13.8 Å². The van der Waals surface area contributed by atoms with Crippen LogP contribution in [0.2, 0.25) is 0 Å². The molecule has 0 bridgehead atoms. The maximum atomic E-state index is 11.0. The first kappa shape index (κ1) is 8.97. The first-order valence-corrected chi connectivity index (χ1v) is 1.37. The van der Waals surface area contributed by atoms with E-state index in [9.17, 15) is 4.39 Å². The Balaban J connectivity index is 0. The van der Waals surface area contributed by atoms with Crippen molar-refractivity contribution in [3.63, 3.8) is 0 Å². The molecule has 2 heteroatoms. The van der Waals surface area contributed by atoms with Crippen molar-refractivity contribution in [2.75, 3.05) is 0 Å². The van der Waals surface area contributed by atoms with Gasteiger partial charge in [0, 0.05) is 0 Å². The summed E-state index contributed by atoms with van der Waals surface area (Å²) in [6.07, 6.45) is -0.667. The number of hydrogen-bond donors (Lipinski definition) is 0. The average molecular weight is 98.5 g/mol. The first-order valence-electron chi connectivity index (χ1n) is 1.37. The summed E-state index contributed by atoms with van der Waals surface area (Å²) in [7, 11) is 0. The molecule has 0 saturated heterocycles. The van der Waals surface area contributed by atoms with Crippen molar-refractivity contribution in [1.29, 1.82) is 0 Å². The van der Waals surface area contributed by atoms with Gasteiger partial charge in [-0.25, -0.2) is 4.39 Å². The van der Waals surface area contributed by atoms with Crippen molar-refractivity contribution >= 4 is 12.4 Å². The SMILES string of the molecule is CC(C)F.Cl. The topological polar surface area (TPSA) is 0 Å². The van der Waals surface area contributed by atoms with Crippen molar-refractivity contribution < 1.29 is 4.39 Å². The van der Waals surface area contributed by atoms with E-state index in [2.05, 4.69) is 0 Å². The Hall–Kier alpha value is 0.220. The summed E-state index contributed by atoms with van der Waals surface area (Å²) < 4.78 is 11.0. The van der Waals surface area contributed by atoms with Gasteiger partial charge in [0.05, 0.1) is 6.17 Å². The average Bonchev–Trinajstić information content (AvgIpc) is 0.811. The Morgan fingerprint density at radius 1 is 1.40 bits per heavy atom. The molecule has 0 aliphatic carbocycles. The van der Waals surface area contributed by atoms with Gasteiger partial charge in [0.15, 0.2) is 0 Å². The molecule has 0 aromatic rings. The third-order valence-corrected chi connectivity index (χ3v) is 0. The van der Waals surface area contributed by atoms with Crippen LogP contribution < -0.4 is 0 Å². The lowest BCUT2D eigenvalue weighted by molar-refractivity contribution is 0.391. The van der Waals surface area contributed by atoms with Crippen LogP contribution in [-0.2, 0) is 0 Å². The van der Waals surface area contributed by atoms with Crippen molar-refractivity contribution in [3.8, 4) is 0 Å². The minimum Gasteiger partial charge on any atom is -0.248 e. The van der Waals surface area contributed by atoms with E-state index < -0.39 is 6.17 Å². The maximum Gasteiger partial charge on any atom is 0.0945 e. The van der Waals surface area contributed by atoms with Gasteiger partial charge in [-0.3, -0.25) is 0 Å². The fraction of sp³-hybridized carbons (Fsp3) is 1.00. The second-order valence-corrected chi connectivity index (χ2v) is 1.01.